The highest BCUT2D eigenvalue weighted by Gasteiger charge is 2.28. The van der Waals surface area contributed by atoms with Crippen molar-refractivity contribution in [2.75, 3.05) is 0 Å². The van der Waals surface area contributed by atoms with E-state index in [1.165, 1.54) is 0 Å². The van der Waals surface area contributed by atoms with Crippen molar-refractivity contribution in [1.29, 1.82) is 0 Å². The van der Waals surface area contributed by atoms with Gasteiger partial charge in [-0.2, -0.15) is 0 Å². The fourth-order valence-electron chi connectivity index (χ4n) is 2.89. The number of carbonyl (C=O) groups is 2. The SMILES string of the molecule is CC(C)(CCCCC/C=C\CCCCCCC(C)(C)C(=O)N=O)C(=O)N=O. The first-order chi connectivity index (χ1) is 12.7. The summed E-state index contributed by atoms with van der Waals surface area (Å²) in [5, 5.41) is 5.06. The molecule has 0 rings (SSSR count). The Morgan fingerprint density at radius 3 is 1.33 bits per heavy atom. The molecule has 0 spiro atoms. The summed E-state index contributed by atoms with van der Waals surface area (Å²) >= 11 is 0. The van der Waals surface area contributed by atoms with Crippen molar-refractivity contribution in [2.24, 2.45) is 21.2 Å². The average Bonchev–Trinajstić information content (AvgIpc) is 2.63. The van der Waals surface area contributed by atoms with Crippen molar-refractivity contribution in [3.8, 4) is 0 Å². The standard InChI is InChI=1S/C21H36N2O4/c1-20(2,18(24)22-26)16-14-12-10-8-6-5-7-9-11-13-15-17-21(3,4)19(25)23-27/h5-6H,7-17H2,1-4H3/b6-5-. The Bertz CT molecular complexity index is 510. The molecule has 0 aromatic heterocycles. The lowest BCUT2D eigenvalue weighted by molar-refractivity contribution is -0.126. The minimum absolute atomic E-state index is 0.555. The van der Waals surface area contributed by atoms with Gasteiger partial charge in [0, 0.05) is 21.2 Å². The van der Waals surface area contributed by atoms with Gasteiger partial charge in [-0.15, -0.1) is 9.81 Å². The summed E-state index contributed by atoms with van der Waals surface area (Å²) in [4.78, 5) is 43.3. The molecule has 0 aliphatic rings. The zero-order chi connectivity index (χ0) is 20.8. The average molecular weight is 381 g/mol. The third kappa shape index (κ3) is 11.6. The second-order valence-corrected chi connectivity index (χ2v) is 8.58. The lowest BCUT2D eigenvalue weighted by atomic mass is 9.86. The van der Waals surface area contributed by atoms with E-state index in [1.54, 1.807) is 27.7 Å². The molecule has 0 atom stereocenters. The molecule has 0 unspecified atom stereocenters. The van der Waals surface area contributed by atoms with Crippen LogP contribution >= 0.6 is 0 Å². The predicted molar refractivity (Wildman–Crippen MR) is 109 cm³/mol. The van der Waals surface area contributed by atoms with Crippen LogP contribution < -0.4 is 0 Å². The molecule has 0 aromatic carbocycles. The van der Waals surface area contributed by atoms with Crippen molar-refractivity contribution < 1.29 is 9.59 Å². The van der Waals surface area contributed by atoms with Crippen LogP contribution in [0.5, 0.6) is 0 Å². The summed E-state index contributed by atoms with van der Waals surface area (Å²) < 4.78 is 0. The van der Waals surface area contributed by atoms with E-state index in [2.05, 4.69) is 22.5 Å². The number of amides is 2. The third-order valence-electron chi connectivity index (χ3n) is 5.09. The van der Waals surface area contributed by atoms with Gasteiger partial charge in [-0.05, 0) is 38.5 Å². The van der Waals surface area contributed by atoms with Crippen LogP contribution in [0.3, 0.4) is 0 Å². The van der Waals surface area contributed by atoms with Crippen LogP contribution in [0.15, 0.2) is 22.5 Å². The maximum atomic E-state index is 11.3. The third-order valence-corrected chi connectivity index (χ3v) is 5.09. The summed E-state index contributed by atoms with van der Waals surface area (Å²) in [6, 6.07) is 0. The van der Waals surface area contributed by atoms with Gasteiger partial charge in [0.05, 0.1) is 0 Å². The summed E-state index contributed by atoms with van der Waals surface area (Å²) in [5.41, 5.74) is -1.27. The first-order valence-corrected chi connectivity index (χ1v) is 10.1. The van der Waals surface area contributed by atoms with E-state index >= 15 is 0 Å². The molecule has 0 saturated heterocycles. The van der Waals surface area contributed by atoms with Crippen LogP contribution in [0.2, 0.25) is 0 Å². The Morgan fingerprint density at radius 1 is 0.630 bits per heavy atom. The van der Waals surface area contributed by atoms with Crippen molar-refractivity contribution in [2.45, 2.75) is 98.3 Å². The van der Waals surface area contributed by atoms with E-state index in [0.717, 1.165) is 57.8 Å². The van der Waals surface area contributed by atoms with Gasteiger partial charge in [-0.3, -0.25) is 9.59 Å². The number of rotatable bonds is 15. The minimum atomic E-state index is -0.635. The molecule has 0 N–H and O–H groups in total. The molecule has 154 valence electrons. The lowest BCUT2D eigenvalue weighted by Gasteiger charge is -2.18. The molecule has 0 fully saturated rings. The van der Waals surface area contributed by atoms with Gasteiger partial charge < -0.3 is 0 Å². The van der Waals surface area contributed by atoms with Crippen LogP contribution in [0.4, 0.5) is 0 Å². The maximum Gasteiger partial charge on any atom is 0.291 e. The van der Waals surface area contributed by atoms with Crippen LogP contribution in [0.25, 0.3) is 0 Å². The molecular formula is C21H36N2O4. The van der Waals surface area contributed by atoms with Gasteiger partial charge in [-0.25, -0.2) is 0 Å². The molecule has 0 bridgehead atoms. The second kappa shape index (κ2) is 13.4. The molecule has 6 nitrogen and oxygen atoms in total. The quantitative estimate of drug-likeness (QED) is 0.185. The van der Waals surface area contributed by atoms with E-state index in [0.29, 0.717) is 12.8 Å². The summed E-state index contributed by atoms with van der Waals surface area (Å²) in [7, 11) is 0. The van der Waals surface area contributed by atoms with Crippen LogP contribution in [-0.2, 0) is 9.59 Å². The zero-order valence-corrected chi connectivity index (χ0v) is 17.5. The van der Waals surface area contributed by atoms with E-state index in [1.807, 2.05) is 0 Å². The summed E-state index contributed by atoms with van der Waals surface area (Å²) in [6.45, 7) is 7.10. The molecule has 0 aliphatic heterocycles. The Hall–Kier alpha value is -1.72. The molecule has 0 radical (unpaired) electrons. The Morgan fingerprint density at radius 2 is 0.963 bits per heavy atom. The highest BCUT2D eigenvalue weighted by atomic mass is 16.3. The molecule has 0 aromatic rings. The van der Waals surface area contributed by atoms with Gasteiger partial charge >= 0.3 is 0 Å². The van der Waals surface area contributed by atoms with E-state index in [9.17, 15) is 19.4 Å². The minimum Gasteiger partial charge on any atom is -0.268 e. The monoisotopic (exact) mass is 380 g/mol. The number of hydrogen-bond acceptors (Lipinski definition) is 4. The molecular weight excluding hydrogens is 344 g/mol. The number of hydrogen-bond donors (Lipinski definition) is 0. The molecule has 0 heterocycles. The number of unbranched alkanes of at least 4 members (excludes halogenated alkanes) is 7. The van der Waals surface area contributed by atoms with E-state index in [4.69, 9.17) is 0 Å². The largest absolute Gasteiger partial charge is 0.291 e. The highest BCUT2D eigenvalue weighted by molar-refractivity contribution is 5.82. The van der Waals surface area contributed by atoms with Crippen LogP contribution in [0, 0.1) is 20.6 Å². The fourth-order valence-corrected chi connectivity index (χ4v) is 2.89. The Kier molecular flexibility index (Phi) is 12.6. The second-order valence-electron chi connectivity index (χ2n) is 8.58. The van der Waals surface area contributed by atoms with Crippen LogP contribution in [0.1, 0.15) is 98.3 Å². The number of allylic oxidation sites excluding steroid dienone is 2. The molecule has 6 heteroatoms. The van der Waals surface area contributed by atoms with E-state index < -0.39 is 22.6 Å². The van der Waals surface area contributed by atoms with Gasteiger partial charge in [0.15, 0.2) is 0 Å². The summed E-state index contributed by atoms with van der Waals surface area (Å²) in [6.07, 6.45) is 15.3. The normalized spacial score (nSPS) is 12.3. The zero-order valence-electron chi connectivity index (χ0n) is 17.5. The van der Waals surface area contributed by atoms with Crippen molar-refractivity contribution in [1.82, 2.24) is 0 Å². The number of carbonyl (C=O) groups excluding carboxylic acids is 2. The highest BCUT2D eigenvalue weighted by Crippen LogP contribution is 2.26. The molecule has 0 aliphatic carbocycles. The first kappa shape index (κ1) is 25.3. The maximum absolute atomic E-state index is 11.3. The predicted octanol–water partition coefficient (Wildman–Crippen LogP) is 6.47. The molecule has 0 saturated carbocycles. The first-order valence-electron chi connectivity index (χ1n) is 10.1. The Balaban J connectivity index is 3.59. The molecule has 2 amide bonds. The van der Waals surface area contributed by atoms with Crippen molar-refractivity contribution >= 4 is 11.8 Å². The van der Waals surface area contributed by atoms with Crippen molar-refractivity contribution in [3.63, 3.8) is 0 Å². The van der Waals surface area contributed by atoms with Crippen LogP contribution in [-0.4, -0.2) is 11.8 Å². The topological polar surface area (TPSA) is 93.0 Å². The van der Waals surface area contributed by atoms with Gasteiger partial charge in [-0.1, -0.05) is 72.0 Å². The summed E-state index contributed by atoms with van der Waals surface area (Å²) in [5.74, 6) is -1.11. The lowest BCUT2D eigenvalue weighted by Crippen LogP contribution is -2.21. The van der Waals surface area contributed by atoms with Gasteiger partial charge in [0.25, 0.3) is 11.8 Å². The number of nitroso groups, excluding NO2 is 2. The van der Waals surface area contributed by atoms with Gasteiger partial charge in [0.2, 0.25) is 0 Å². The van der Waals surface area contributed by atoms with Gasteiger partial charge in [0.1, 0.15) is 0 Å². The fraction of sp³-hybridized carbons (Fsp3) is 0.810. The Labute approximate surface area is 163 Å². The van der Waals surface area contributed by atoms with E-state index in [-0.39, 0.29) is 0 Å². The number of nitrogens with zero attached hydrogens (tertiary/aromatic N) is 2. The smallest absolute Gasteiger partial charge is 0.268 e. The molecule has 27 heavy (non-hydrogen) atoms. The van der Waals surface area contributed by atoms with Crippen molar-refractivity contribution in [3.05, 3.63) is 22.0 Å².